The van der Waals surface area contributed by atoms with E-state index in [2.05, 4.69) is 62.5 Å². The quantitative estimate of drug-likeness (QED) is 0.203. The molecule has 0 radical (unpaired) electrons. The molecule has 0 amide bonds. The van der Waals surface area contributed by atoms with Crippen LogP contribution in [-0.2, 0) is 6.42 Å². The fraction of sp³-hybridized carbons (Fsp3) is 0.458. The fourth-order valence-electron chi connectivity index (χ4n) is 4.30. The predicted molar refractivity (Wildman–Crippen MR) is 137 cm³/mol. The Morgan fingerprint density at radius 1 is 1.03 bits per heavy atom. The van der Waals surface area contributed by atoms with Gasteiger partial charge in [0.1, 0.15) is 5.82 Å². The zero-order valence-corrected chi connectivity index (χ0v) is 20.5. The van der Waals surface area contributed by atoms with Crippen LogP contribution in [0.1, 0.15) is 56.3 Å². The van der Waals surface area contributed by atoms with Gasteiger partial charge in [0.15, 0.2) is 11.6 Å². The van der Waals surface area contributed by atoms with Crippen LogP contribution in [0, 0.1) is 0 Å². The summed E-state index contributed by atoms with van der Waals surface area (Å²) in [6.45, 7) is 3.77. The summed E-state index contributed by atoms with van der Waals surface area (Å²) in [4.78, 5) is 4.80. The molecule has 0 spiro atoms. The van der Waals surface area contributed by atoms with Gasteiger partial charge in [0.25, 0.3) is 0 Å². The maximum atomic E-state index is 4.80. The van der Waals surface area contributed by atoms with E-state index in [-0.39, 0.29) is 24.0 Å². The van der Waals surface area contributed by atoms with Crippen molar-refractivity contribution in [2.24, 2.45) is 4.99 Å². The molecule has 4 rings (SSSR count). The minimum Gasteiger partial charge on any atom is -0.357 e. The Kier molecular flexibility index (Phi) is 9.12. The molecule has 2 aromatic heterocycles. The summed E-state index contributed by atoms with van der Waals surface area (Å²) >= 11 is 0. The molecule has 1 fully saturated rings. The van der Waals surface area contributed by atoms with E-state index in [4.69, 9.17) is 4.99 Å². The van der Waals surface area contributed by atoms with Crippen LogP contribution in [-0.4, -0.2) is 39.7 Å². The third kappa shape index (κ3) is 6.41. The molecule has 0 atom stereocenters. The van der Waals surface area contributed by atoms with Gasteiger partial charge < -0.3 is 10.6 Å². The normalized spacial score (nSPS) is 19.1. The Morgan fingerprint density at radius 3 is 2.58 bits per heavy atom. The highest BCUT2D eigenvalue weighted by atomic mass is 127. The van der Waals surface area contributed by atoms with Crippen molar-refractivity contribution in [2.75, 3.05) is 13.1 Å². The summed E-state index contributed by atoms with van der Waals surface area (Å²) < 4.78 is 2.05. The third-order valence-corrected chi connectivity index (χ3v) is 5.90. The molecule has 3 aromatic rings. The summed E-state index contributed by atoms with van der Waals surface area (Å²) in [5.41, 5.74) is 2.38. The van der Waals surface area contributed by atoms with Crippen molar-refractivity contribution >= 4 is 35.6 Å². The maximum Gasteiger partial charge on any atom is 0.191 e. The Hall–Kier alpha value is -2.16. The first-order valence-electron chi connectivity index (χ1n) is 11.2. The molecule has 2 heterocycles. The molecule has 6 nitrogen and oxygen atoms in total. The number of hydrogen-bond donors (Lipinski definition) is 2. The molecule has 7 heteroatoms. The van der Waals surface area contributed by atoms with Gasteiger partial charge in [-0.1, -0.05) is 36.4 Å². The average molecular weight is 532 g/mol. The van der Waals surface area contributed by atoms with Gasteiger partial charge in [-0.15, -0.1) is 34.2 Å². The molecule has 0 unspecified atom stereocenters. The summed E-state index contributed by atoms with van der Waals surface area (Å²) in [7, 11) is 0. The molecular weight excluding hydrogens is 499 g/mol. The van der Waals surface area contributed by atoms with Crippen LogP contribution in [0.3, 0.4) is 0 Å². The topological polar surface area (TPSA) is 66.6 Å². The highest BCUT2D eigenvalue weighted by molar-refractivity contribution is 14.0. The van der Waals surface area contributed by atoms with E-state index in [1.54, 1.807) is 0 Å². The Bertz CT molecular complexity index is 947. The summed E-state index contributed by atoms with van der Waals surface area (Å²) in [6, 6.07) is 17.4. The van der Waals surface area contributed by atoms with Crippen LogP contribution in [0.25, 0.3) is 5.65 Å². The molecule has 0 aliphatic heterocycles. The molecule has 1 saturated carbocycles. The molecule has 1 aliphatic carbocycles. The van der Waals surface area contributed by atoms with Crippen LogP contribution >= 0.6 is 24.0 Å². The Labute approximate surface area is 202 Å². The molecule has 1 aliphatic rings. The number of halogens is 1. The van der Waals surface area contributed by atoms with Crippen molar-refractivity contribution in [3.05, 3.63) is 66.1 Å². The largest absolute Gasteiger partial charge is 0.357 e. The van der Waals surface area contributed by atoms with Crippen LogP contribution in [0.2, 0.25) is 0 Å². The smallest absolute Gasteiger partial charge is 0.191 e. The molecule has 31 heavy (non-hydrogen) atoms. The van der Waals surface area contributed by atoms with Gasteiger partial charge in [0, 0.05) is 31.7 Å². The van der Waals surface area contributed by atoms with E-state index >= 15 is 0 Å². The Morgan fingerprint density at radius 2 is 1.81 bits per heavy atom. The van der Waals surface area contributed by atoms with Gasteiger partial charge in [-0.2, -0.15) is 0 Å². The first kappa shape index (κ1) is 23.5. The van der Waals surface area contributed by atoms with Crippen LogP contribution in [0.4, 0.5) is 0 Å². The number of guanidine groups is 1. The van der Waals surface area contributed by atoms with E-state index in [9.17, 15) is 0 Å². The van der Waals surface area contributed by atoms with Crippen LogP contribution in [0.5, 0.6) is 0 Å². The lowest BCUT2D eigenvalue weighted by Crippen LogP contribution is -2.44. The zero-order chi connectivity index (χ0) is 20.6. The SMILES string of the molecule is CCNC(=NCCCc1nnc2ccccn12)NC1CCC(c2ccccc2)CC1.I. The van der Waals surface area contributed by atoms with Gasteiger partial charge >= 0.3 is 0 Å². The summed E-state index contributed by atoms with van der Waals surface area (Å²) in [5.74, 6) is 2.63. The van der Waals surface area contributed by atoms with Gasteiger partial charge in [-0.25, -0.2) is 0 Å². The average Bonchev–Trinajstić information content (AvgIpc) is 3.21. The second kappa shape index (κ2) is 12.0. The van der Waals surface area contributed by atoms with Crippen molar-refractivity contribution in [1.29, 1.82) is 0 Å². The number of aromatic nitrogens is 3. The molecule has 1 aromatic carbocycles. The number of fused-ring (bicyclic) bond motifs is 1. The van der Waals surface area contributed by atoms with Crippen molar-refractivity contribution in [3.8, 4) is 0 Å². The second-order valence-corrected chi connectivity index (χ2v) is 8.01. The number of pyridine rings is 1. The van der Waals surface area contributed by atoms with Gasteiger partial charge in [0.05, 0.1) is 0 Å². The standard InChI is InChI=1S/C24H32N6.HI/c1-2-25-24(26-17-8-12-23-29-28-22-11-6-7-18-30(22)23)27-21-15-13-20(14-16-21)19-9-4-3-5-10-19;/h3-7,9-11,18,20-21H,2,8,12-17H2,1H3,(H2,25,26,27);1H. The van der Waals surface area contributed by atoms with Gasteiger partial charge in [-0.3, -0.25) is 9.39 Å². The molecular formula is C24H33IN6. The Balaban J connectivity index is 0.00000272. The van der Waals surface area contributed by atoms with E-state index in [1.165, 1.54) is 31.2 Å². The van der Waals surface area contributed by atoms with E-state index in [1.807, 2.05) is 24.4 Å². The van der Waals surface area contributed by atoms with Crippen molar-refractivity contribution < 1.29 is 0 Å². The first-order chi connectivity index (χ1) is 14.8. The van der Waals surface area contributed by atoms with E-state index < -0.39 is 0 Å². The number of benzene rings is 1. The summed E-state index contributed by atoms with van der Waals surface area (Å²) in [5, 5.41) is 15.6. The third-order valence-electron chi connectivity index (χ3n) is 5.90. The van der Waals surface area contributed by atoms with Crippen molar-refractivity contribution in [2.45, 2.75) is 57.4 Å². The highest BCUT2D eigenvalue weighted by Crippen LogP contribution is 2.32. The lowest BCUT2D eigenvalue weighted by molar-refractivity contribution is 0.371. The number of rotatable bonds is 7. The lowest BCUT2D eigenvalue weighted by atomic mass is 9.82. The fourth-order valence-corrected chi connectivity index (χ4v) is 4.30. The second-order valence-electron chi connectivity index (χ2n) is 8.01. The highest BCUT2D eigenvalue weighted by Gasteiger charge is 2.22. The number of aliphatic imine (C=N–C) groups is 1. The van der Waals surface area contributed by atoms with Gasteiger partial charge in [0.2, 0.25) is 0 Å². The van der Waals surface area contributed by atoms with Crippen molar-refractivity contribution in [1.82, 2.24) is 25.2 Å². The zero-order valence-electron chi connectivity index (χ0n) is 18.2. The van der Waals surface area contributed by atoms with Crippen molar-refractivity contribution in [3.63, 3.8) is 0 Å². The number of nitrogens with one attached hydrogen (secondary N) is 2. The number of nitrogens with zero attached hydrogens (tertiary/aromatic N) is 4. The van der Waals surface area contributed by atoms with E-state index in [0.29, 0.717) is 12.0 Å². The predicted octanol–water partition coefficient (Wildman–Crippen LogP) is 4.56. The molecule has 0 bridgehead atoms. The van der Waals surface area contributed by atoms with Crippen LogP contribution in [0.15, 0.2) is 59.7 Å². The van der Waals surface area contributed by atoms with E-state index in [0.717, 1.165) is 43.4 Å². The summed E-state index contributed by atoms with van der Waals surface area (Å²) in [6.07, 6.45) is 8.70. The number of hydrogen-bond acceptors (Lipinski definition) is 3. The maximum absolute atomic E-state index is 4.80. The number of aryl methyl sites for hydroxylation is 1. The molecule has 2 N–H and O–H groups in total. The minimum atomic E-state index is 0. The first-order valence-corrected chi connectivity index (χ1v) is 11.2. The molecule has 0 saturated heterocycles. The van der Waals surface area contributed by atoms with Crippen LogP contribution < -0.4 is 10.6 Å². The lowest BCUT2D eigenvalue weighted by Gasteiger charge is -2.30. The molecule has 166 valence electrons. The monoisotopic (exact) mass is 532 g/mol. The van der Waals surface area contributed by atoms with Gasteiger partial charge in [-0.05, 0) is 62.6 Å². The minimum absolute atomic E-state index is 0.